The molecule has 0 radical (unpaired) electrons. The lowest BCUT2D eigenvalue weighted by Gasteiger charge is -2.17. The molecule has 1 aromatic heterocycles. The summed E-state index contributed by atoms with van der Waals surface area (Å²) in [4.78, 5) is 18.7. The normalized spacial score (nSPS) is 17.5. The van der Waals surface area contributed by atoms with Crippen molar-refractivity contribution in [1.82, 2.24) is 15.6 Å². The van der Waals surface area contributed by atoms with Gasteiger partial charge in [-0.2, -0.15) is 0 Å². The summed E-state index contributed by atoms with van der Waals surface area (Å²) in [7, 11) is 0. The smallest absolute Gasteiger partial charge is 0.315 e. The molecule has 0 unspecified atom stereocenters. The predicted octanol–water partition coefficient (Wildman–Crippen LogP) is 3.37. The highest BCUT2D eigenvalue weighted by molar-refractivity contribution is 5.73. The number of anilines is 1. The highest BCUT2D eigenvalue weighted by Crippen LogP contribution is 2.19. The Hall–Kier alpha value is -2.04. The van der Waals surface area contributed by atoms with Crippen molar-refractivity contribution >= 4 is 11.8 Å². The molecule has 2 aliphatic rings. The van der Waals surface area contributed by atoms with Crippen LogP contribution in [0.4, 0.5) is 10.6 Å². The molecule has 1 aliphatic heterocycles. The summed E-state index contributed by atoms with van der Waals surface area (Å²) in [6, 6.07) is 3.96. The molecule has 24 heavy (non-hydrogen) atoms. The predicted molar refractivity (Wildman–Crippen MR) is 97.1 cm³/mol. The van der Waals surface area contributed by atoms with E-state index in [1.807, 2.05) is 12.3 Å². The second-order valence-electron chi connectivity index (χ2n) is 6.68. The molecule has 0 atom stereocenters. The summed E-state index contributed by atoms with van der Waals surface area (Å²) < 4.78 is 0. The van der Waals surface area contributed by atoms with Crippen LogP contribution in [0.5, 0.6) is 0 Å². The molecule has 0 aromatic carbocycles. The van der Waals surface area contributed by atoms with Crippen molar-refractivity contribution in [3.05, 3.63) is 35.5 Å². The zero-order valence-electron chi connectivity index (χ0n) is 14.4. The maximum atomic E-state index is 11.9. The van der Waals surface area contributed by atoms with Gasteiger partial charge in [-0.3, -0.25) is 0 Å². The molecule has 0 spiro atoms. The van der Waals surface area contributed by atoms with Gasteiger partial charge in [-0.25, -0.2) is 9.78 Å². The van der Waals surface area contributed by atoms with Gasteiger partial charge in [0, 0.05) is 32.4 Å². The van der Waals surface area contributed by atoms with Crippen molar-refractivity contribution in [2.45, 2.75) is 51.5 Å². The van der Waals surface area contributed by atoms with Gasteiger partial charge in [0.15, 0.2) is 0 Å². The minimum Gasteiger partial charge on any atom is -0.357 e. The minimum absolute atomic E-state index is 0.0917. The van der Waals surface area contributed by atoms with E-state index in [2.05, 4.69) is 32.7 Å². The van der Waals surface area contributed by atoms with Crippen LogP contribution in [-0.4, -0.2) is 30.6 Å². The molecule has 2 N–H and O–H groups in total. The molecule has 1 fully saturated rings. The summed E-state index contributed by atoms with van der Waals surface area (Å²) >= 11 is 0. The summed E-state index contributed by atoms with van der Waals surface area (Å²) in [6.45, 7) is 3.42. The van der Waals surface area contributed by atoms with Crippen LogP contribution in [0.25, 0.3) is 0 Å². The molecule has 2 heterocycles. The lowest BCUT2D eigenvalue weighted by atomic mass is 9.97. The van der Waals surface area contributed by atoms with Crippen LogP contribution in [0, 0.1) is 0 Å². The Morgan fingerprint density at radius 3 is 2.83 bits per heavy atom. The van der Waals surface area contributed by atoms with E-state index >= 15 is 0 Å². The fourth-order valence-electron chi connectivity index (χ4n) is 3.40. The molecule has 1 aliphatic carbocycles. The van der Waals surface area contributed by atoms with Crippen molar-refractivity contribution < 1.29 is 4.79 Å². The standard InChI is InChI=1S/C19H28N4O/c24-19(21-11-8-16-6-2-1-3-7-16)22-15-17-9-10-20-18(14-17)23-12-4-5-13-23/h6,9-10,14H,1-5,7-8,11-13,15H2,(H2,21,22,24). The van der Waals surface area contributed by atoms with Gasteiger partial charge in [0.2, 0.25) is 0 Å². The molecule has 3 rings (SSSR count). The number of carbonyl (C=O) groups is 1. The van der Waals surface area contributed by atoms with E-state index in [9.17, 15) is 4.79 Å². The number of allylic oxidation sites excluding steroid dienone is 1. The van der Waals surface area contributed by atoms with E-state index in [1.165, 1.54) is 44.1 Å². The first-order chi connectivity index (χ1) is 11.8. The third-order valence-corrected chi connectivity index (χ3v) is 4.81. The molecule has 0 saturated carbocycles. The Labute approximate surface area is 144 Å². The molecule has 1 aromatic rings. The lowest BCUT2D eigenvalue weighted by Crippen LogP contribution is -2.35. The lowest BCUT2D eigenvalue weighted by molar-refractivity contribution is 0.240. The topological polar surface area (TPSA) is 57.3 Å². The third kappa shape index (κ3) is 4.98. The number of aromatic nitrogens is 1. The molecular formula is C19H28N4O. The maximum Gasteiger partial charge on any atom is 0.315 e. The largest absolute Gasteiger partial charge is 0.357 e. The summed E-state index contributed by atoms with van der Waals surface area (Å²) in [5, 5.41) is 5.89. The zero-order chi connectivity index (χ0) is 16.6. The van der Waals surface area contributed by atoms with Gasteiger partial charge in [0.25, 0.3) is 0 Å². The minimum atomic E-state index is -0.0917. The van der Waals surface area contributed by atoms with Crippen molar-refractivity contribution in [3.8, 4) is 0 Å². The van der Waals surface area contributed by atoms with Crippen LogP contribution in [-0.2, 0) is 6.54 Å². The summed E-state index contributed by atoms with van der Waals surface area (Å²) in [5.41, 5.74) is 2.59. The average Bonchev–Trinajstić information content (AvgIpc) is 3.16. The van der Waals surface area contributed by atoms with Gasteiger partial charge in [-0.1, -0.05) is 11.6 Å². The number of nitrogens with one attached hydrogen (secondary N) is 2. The fourth-order valence-corrected chi connectivity index (χ4v) is 3.40. The monoisotopic (exact) mass is 328 g/mol. The number of amides is 2. The van der Waals surface area contributed by atoms with E-state index in [-0.39, 0.29) is 6.03 Å². The van der Waals surface area contributed by atoms with Crippen LogP contribution in [0.3, 0.4) is 0 Å². The van der Waals surface area contributed by atoms with Crippen LogP contribution in [0.1, 0.15) is 50.5 Å². The average molecular weight is 328 g/mol. The van der Waals surface area contributed by atoms with Gasteiger partial charge in [0.1, 0.15) is 5.82 Å². The zero-order valence-corrected chi connectivity index (χ0v) is 14.4. The first-order valence-corrected chi connectivity index (χ1v) is 9.21. The van der Waals surface area contributed by atoms with E-state index in [0.29, 0.717) is 13.1 Å². The molecule has 5 nitrogen and oxygen atoms in total. The van der Waals surface area contributed by atoms with E-state index < -0.39 is 0 Å². The van der Waals surface area contributed by atoms with Crippen LogP contribution < -0.4 is 15.5 Å². The van der Waals surface area contributed by atoms with Crippen molar-refractivity contribution in [1.29, 1.82) is 0 Å². The Morgan fingerprint density at radius 2 is 2.04 bits per heavy atom. The number of hydrogen-bond acceptors (Lipinski definition) is 3. The van der Waals surface area contributed by atoms with Gasteiger partial charge < -0.3 is 15.5 Å². The maximum absolute atomic E-state index is 11.9. The number of nitrogens with zero attached hydrogens (tertiary/aromatic N) is 2. The van der Waals surface area contributed by atoms with E-state index in [4.69, 9.17) is 0 Å². The molecule has 0 bridgehead atoms. The number of carbonyl (C=O) groups excluding carboxylic acids is 1. The van der Waals surface area contributed by atoms with Crippen LogP contribution in [0.15, 0.2) is 30.0 Å². The highest BCUT2D eigenvalue weighted by Gasteiger charge is 2.13. The Kier molecular flexibility index (Phi) is 6.10. The third-order valence-electron chi connectivity index (χ3n) is 4.81. The second-order valence-corrected chi connectivity index (χ2v) is 6.68. The highest BCUT2D eigenvalue weighted by atomic mass is 16.2. The molecular weight excluding hydrogens is 300 g/mol. The van der Waals surface area contributed by atoms with Crippen molar-refractivity contribution in [3.63, 3.8) is 0 Å². The number of pyridine rings is 1. The molecule has 1 saturated heterocycles. The van der Waals surface area contributed by atoms with Crippen LogP contribution >= 0.6 is 0 Å². The van der Waals surface area contributed by atoms with E-state index in [0.717, 1.165) is 30.9 Å². The first-order valence-electron chi connectivity index (χ1n) is 9.21. The van der Waals surface area contributed by atoms with E-state index in [1.54, 1.807) is 0 Å². The van der Waals surface area contributed by atoms with Crippen molar-refractivity contribution in [2.75, 3.05) is 24.5 Å². The molecule has 2 amide bonds. The van der Waals surface area contributed by atoms with Gasteiger partial charge in [-0.15, -0.1) is 0 Å². The second kappa shape index (κ2) is 8.71. The van der Waals surface area contributed by atoms with Gasteiger partial charge in [-0.05, 0) is 62.6 Å². The molecule has 5 heteroatoms. The quantitative estimate of drug-likeness (QED) is 0.787. The van der Waals surface area contributed by atoms with Gasteiger partial charge >= 0.3 is 6.03 Å². The van der Waals surface area contributed by atoms with Crippen molar-refractivity contribution in [2.24, 2.45) is 0 Å². The Balaban J connectivity index is 1.39. The van der Waals surface area contributed by atoms with Crippen LogP contribution in [0.2, 0.25) is 0 Å². The summed E-state index contributed by atoms with van der Waals surface area (Å²) in [6.07, 6.45) is 12.6. The Bertz CT molecular complexity index is 578. The Morgan fingerprint density at radius 1 is 1.17 bits per heavy atom. The summed E-state index contributed by atoms with van der Waals surface area (Å²) in [5.74, 6) is 1.02. The number of urea groups is 1. The van der Waals surface area contributed by atoms with Gasteiger partial charge in [0.05, 0.1) is 0 Å². The first kappa shape index (κ1) is 16.8. The fraction of sp³-hybridized carbons (Fsp3) is 0.579. The molecule has 130 valence electrons. The number of rotatable bonds is 6. The number of hydrogen-bond donors (Lipinski definition) is 2. The SMILES string of the molecule is O=C(NCCC1=CCCCC1)NCc1ccnc(N2CCCC2)c1.